The molecule has 0 N–H and O–H groups in total. The van der Waals surface area contributed by atoms with E-state index in [0.717, 1.165) is 16.9 Å². The van der Waals surface area contributed by atoms with E-state index in [1.165, 1.54) is 5.01 Å². The molecule has 32 heavy (non-hydrogen) atoms. The normalized spacial score (nSPS) is 15.0. The molecule has 3 aromatic rings. The van der Waals surface area contributed by atoms with Gasteiger partial charge in [0.25, 0.3) is 5.91 Å². The fourth-order valence-electron chi connectivity index (χ4n) is 3.32. The summed E-state index contributed by atoms with van der Waals surface area (Å²) in [7, 11) is 5.94. The number of carbonyl (C=O) groups is 1. The molecule has 2 aromatic carbocycles. The lowest BCUT2D eigenvalue weighted by Gasteiger charge is -2.12. The van der Waals surface area contributed by atoms with Crippen LogP contribution in [0.2, 0.25) is 0 Å². The minimum Gasteiger partial charge on any atom is -0.378 e. The van der Waals surface area contributed by atoms with Gasteiger partial charge in [0.05, 0.1) is 28.3 Å². The van der Waals surface area contributed by atoms with Crippen molar-refractivity contribution in [2.45, 2.75) is 6.92 Å². The summed E-state index contributed by atoms with van der Waals surface area (Å²) in [5.41, 5.74) is 5.49. The van der Waals surface area contributed by atoms with Crippen molar-refractivity contribution in [3.8, 4) is 0 Å². The number of carbonyl (C=O) groups excluding carboxylic acids is 1. The predicted octanol–water partition coefficient (Wildman–Crippen LogP) is 4.80. The minimum absolute atomic E-state index is 0.149. The second-order valence-electron chi connectivity index (χ2n) is 7.79. The predicted molar refractivity (Wildman–Crippen MR) is 128 cm³/mol. The molecule has 4 rings (SSSR count). The van der Waals surface area contributed by atoms with Crippen LogP contribution >= 0.6 is 0 Å². The third kappa shape index (κ3) is 4.62. The van der Waals surface area contributed by atoms with Crippen LogP contribution < -0.4 is 14.5 Å². The Morgan fingerprint density at radius 1 is 0.969 bits per heavy atom. The molecular formula is C25H25N6O+. The van der Waals surface area contributed by atoms with E-state index in [-0.39, 0.29) is 5.91 Å². The Labute approximate surface area is 187 Å². The Morgan fingerprint density at radius 3 is 2.19 bits per heavy atom. The molecule has 0 aliphatic carbocycles. The Hall–Kier alpha value is -4.13. The summed E-state index contributed by atoms with van der Waals surface area (Å²) in [5, 5.41) is 14.4. The number of azo groups is 1. The van der Waals surface area contributed by atoms with Crippen LogP contribution in [0.3, 0.4) is 0 Å². The van der Waals surface area contributed by atoms with Crippen molar-refractivity contribution in [2.75, 3.05) is 24.0 Å². The highest BCUT2D eigenvalue weighted by molar-refractivity contribution is 6.32. The molecule has 0 atom stereocenters. The molecule has 0 spiro atoms. The SMILES string of the molecule is CC1=NN(c2ccc(N=Nc3ccc(N(C)C)cc3)cc2)C(=O)C1=Cc1ccc[n+](C)c1. The van der Waals surface area contributed by atoms with E-state index in [9.17, 15) is 4.79 Å². The smallest absolute Gasteiger partial charge is 0.280 e. The van der Waals surface area contributed by atoms with Crippen LogP contribution in [0, 0.1) is 0 Å². The number of pyridine rings is 1. The third-order valence-electron chi connectivity index (χ3n) is 5.08. The maximum Gasteiger partial charge on any atom is 0.280 e. The molecule has 1 aliphatic heterocycles. The summed E-state index contributed by atoms with van der Waals surface area (Å²) in [6.07, 6.45) is 5.78. The van der Waals surface area contributed by atoms with Gasteiger partial charge >= 0.3 is 0 Å². The number of anilines is 2. The second kappa shape index (κ2) is 8.93. The van der Waals surface area contributed by atoms with Gasteiger partial charge in [0.15, 0.2) is 12.4 Å². The lowest BCUT2D eigenvalue weighted by molar-refractivity contribution is -0.671. The molecule has 1 aromatic heterocycles. The standard InChI is InChI=1S/C25H25N6O/c1-18-24(16-19-6-5-15-30(4)17-19)25(32)31(28-18)23-13-9-21(10-14-23)27-26-20-7-11-22(12-8-20)29(2)3/h5-17H,1-4H3/q+1. The maximum atomic E-state index is 13.0. The van der Waals surface area contributed by atoms with E-state index in [4.69, 9.17) is 0 Å². The fourth-order valence-corrected chi connectivity index (χ4v) is 3.32. The number of hydrogen-bond acceptors (Lipinski definition) is 5. The van der Waals surface area contributed by atoms with Crippen LogP contribution in [0.25, 0.3) is 6.08 Å². The minimum atomic E-state index is -0.149. The van der Waals surface area contributed by atoms with Gasteiger partial charge in [-0.15, -0.1) is 0 Å². The number of amides is 1. The number of benzene rings is 2. The highest BCUT2D eigenvalue weighted by Gasteiger charge is 2.28. The van der Waals surface area contributed by atoms with Crippen molar-refractivity contribution in [1.29, 1.82) is 0 Å². The summed E-state index contributed by atoms with van der Waals surface area (Å²) < 4.78 is 1.94. The van der Waals surface area contributed by atoms with Gasteiger partial charge in [0, 0.05) is 31.4 Å². The van der Waals surface area contributed by atoms with Gasteiger partial charge in [-0.05, 0) is 67.6 Å². The Balaban J connectivity index is 1.49. The van der Waals surface area contributed by atoms with Crippen LogP contribution in [0.1, 0.15) is 12.5 Å². The Bertz CT molecular complexity index is 1220. The lowest BCUT2D eigenvalue weighted by atomic mass is 10.1. The van der Waals surface area contributed by atoms with Gasteiger partial charge in [-0.25, -0.2) is 4.57 Å². The van der Waals surface area contributed by atoms with E-state index in [1.54, 1.807) is 0 Å². The molecule has 7 heteroatoms. The number of rotatable bonds is 5. The molecule has 0 unspecified atom stereocenters. The van der Waals surface area contributed by atoms with Crippen LogP contribution in [0.4, 0.5) is 22.7 Å². The molecule has 1 aliphatic rings. The fraction of sp³-hybridized carbons (Fsp3) is 0.160. The summed E-state index contributed by atoms with van der Waals surface area (Å²) in [6.45, 7) is 1.84. The lowest BCUT2D eigenvalue weighted by Crippen LogP contribution is -2.26. The first-order chi connectivity index (χ1) is 15.4. The Kier molecular flexibility index (Phi) is 5.89. The molecule has 7 nitrogen and oxygen atoms in total. The van der Waals surface area contributed by atoms with Gasteiger partial charge in [-0.1, -0.05) is 0 Å². The Morgan fingerprint density at radius 2 is 1.59 bits per heavy atom. The first-order valence-corrected chi connectivity index (χ1v) is 10.3. The van der Waals surface area contributed by atoms with Crippen molar-refractivity contribution in [3.63, 3.8) is 0 Å². The molecule has 0 radical (unpaired) electrons. The van der Waals surface area contributed by atoms with Crippen molar-refractivity contribution >= 4 is 40.4 Å². The van der Waals surface area contributed by atoms with Gasteiger partial charge in [0.1, 0.15) is 7.05 Å². The topological polar surface area (TPSA) is 64.5 Å². The summed E-state index contributed by atoms with van der Waals surface area (Å²) >= 11 is 0. The van der Waals surface area contributed by atoms with Gasteiger partial charge in [-0.3, -0.25) is 4.79 Å². The van der Waals surface area contributed by atoms with E-state index in [1.807, 2.05) is 117 Å². The summed E-state index contributed by atoms with van der Waals surface area (Å²) in [4.78, 5) is 15.0. The van der Waals surface area contributed by atoms with E-state index < -0.39 is 0 Å². The zero-order valence-corrected chi connectivity index (χ0v) is 18.6. The zero-order valence-electron chi connectivity index (χ0n) is 18.6. The van der Waals surface area contributed by atoms with Crippen molar-refractivity contribution in [1.82, 2.24) is 0 Å². The van der Waals surface area contributed by atoms with Crippen molar-refractivity contribution in [3.05, 3.63) is 84.2 Å². The van der Waals surface area contributed by atoms with Crippen molar-refractivity contribution in [2.24, 2.45) is 22.4 Å². The van der Waals surface area contributed by atoms with Gasteiger partial charge in [0.2, 0.25) is 0 Å². The highest BCUT2D eigenvalue weighted by atomic mass is 16.2. The molecule has 0 bridgehead atoms. The molecule has 1 amide bonds. The maximum absolute atomic E-state index is 13.0. The molecule has 0 fully saturated rings. The number of aromatic nitrogens is 1. The van der Waals surface area contributed by atoms with Crippen LogP contribution in [-0.2, 0) is 11.8 Å². The molecule has 0 saturated heterocycles. The highest BCUT2D eigenvalue weighted by Crippen LogP contribution is 2.28. The van der Waals surface area contributed by atoms with Crippen LogP contribution in [0.5, 0.6) is 0 Å². The van der Waals surface area contributed by atoms with E-state index in [0.29, 0.717) is 22.7 Å². The summed E-state index contributed by atoms with van der Waals surface area (Å²) in [6, 6.07) is 19.0. The zero-order chi connectivity index (χ0) is 22.7. The number of aryl methyl sites for hydroxylation is 1. The summed E-state index contributed by atoms with van der Waals surface area (Å²) in [5.74, 6) is -0.149. The molecular weight excluding hydrogens is 400 g/mol. The van der Waals surface area contributed by atoms with E-state index >= 15 is 0 Å². The van der Waals surface area contributed by atoms with E-state index in [2.05, 4.69) is 15.3 Å². The van der Waals surface area contributed by atoms with Crippen LogP contribution in [0.15, 0.2) is 94.0 Å². The molecule has 160 valence electrons. The average molecular weight is 426 g/mol. The second-order valence-corrected chi connectivity index (χ2v) is 7.79. The van der Waals surface area contributed by atoms with Crippen molar-refractivity contribution < 1.29 is 9.36 Å². The van der Waals surface area contributed by atoms with Gasteiger partial charge in [-0.2, -0.15) is 20.3 Å². The largest absolute Gasteiger partial charge is 0.378 e. The average Bonchev–Trinajstić information content (AvgIpc) is 3.06. The number of hydrazone groups is 1. The molecule has 0 saturated carbocycles. The first-order valence-electron chi connectivity index (χ1n) is 10.3. The number of nitrogens with zero attached hydrogens (tertiary/aromatic N) is 6. The third-order valence-corrected chi connectivity index (χ3v) is 5.08. The quantitative estimate of drug-likeness (QED) is 0.335. The van der Waals surface area contributed by atoms with Gasteiger partial charge < -0.3 is 4.90 Å². The molecule has 2 heterocycles. The monoisotopic (exact) mass is 425 g/mol. The van der Waals surface area contributed by atoms with Crippen LogP contribution in [-0.4, -0.2) is 25.7 Å². The number of hydrogen-bond donors (Lipinski definition) is 0. The first kappa shape index (κ1) is 21.1.